The number of nitro benzene ring substituents is 1. The number of Topliss-reactive ketones (excluding diaryl/α,β-unsaturated/α-hetero) is 1. The molecule has 0 radical (unpaired) electrons. The molecule has 0 amide bonds. The van der Waals surface area contributed by atoms with Crippen LogP contribution in [0.15, 0.2) is 12.1 Å². The molecule has 1 aromatic carbocycles. The van der Waals surface area contributed by atoms with Gasteiger partial charge in [0.05, 0.1) is 16.4 Å². The van der Waals surface area contributed by atoms with Gasteiger partial charge in [0.1, 0.15) is 11.4 Å². The lowest BCUT2D eigenvalue weighted by atomic mass is 10.0. The highest BCUT2D eigenvalue weighted by atomic mass is 35.5. The number of nitrogens with zero attached hydrogens (tertiary/aromatic N) is 1. The third-order valence-corrected chi connectivity index (χ3v) is 2.13. The Morgan fingerprint density at radius 2 is 2.19 bits per heavy atom. The first-order valence-electron chi connectivity index (χ1n) is 4.04. The van der Waals surface area contributed by atoms with Gasteiger partial charge in [0.2, 0.25) is 0 Å². The summed E-state index contributed by atoms with van der Waals surface area (Å²) in [7, 11) is 0. The fraction of sp³-hybridized carbons (Fsp3) is 0.111. The van der Waals surface area contributed by atoms with Crippen LogP contribution in [-0.4, -0.2) is 22.9 Å². The Bertz CT molecular complexity index is 475. The summed E-state index contributed by atoms with van der Waals surface area (Å²) < 4.78 is 13.1. The minimum Gasteiger partial charge on any atom is -0.298 e. The zero-order chi connectivity index (χ0) is 12.3. The van der Waals surface area contributed by atoms with Crippen LogP contribution in [0.2, 0.25) is 0 Å². The number of benzene rings is 1. The first-order valence-corrected chi connectivity index (χ1v) is 4.57. The van der Waals surface area contributed by atoms with Crippen LogP contribution in [0, 0.1) is 15.9 Å². The van der Waals surface area contributed by atoms with Crippen molar-refractivity contribution in [3.8, 4) is 0 Å². The van der Waals surface area contributed by atoms with Gasteiger partial charge in [0.25, 0.3) is 5.69 Å². The standard InChI is InChI=1S/C9H5ClFNO4/c10-3-8(14)5-1-2-7(11)6(4-13)9(5)12(15)16/h1-2,4H,3H2. The van der Waals surface area contributed by atoms with Gasteiger partial charge in [-0.05, 0) is 12.1 Å². The molecule has 0 N–H and O–H groups in total. The second kappa shape index (κ2) is 4.80. The average molecular weight is 246 g/mol. The third-order valence-electron chi connectivity index (χ3n) is 1.89. The highest BCUT2D eigenvalue weighted by molar-refractivity contribution is 6.31. The van der Waals surface area contributed by atoms with E-state index < -0.39 is 33.7 Å². The van der Waals surface area contributed by atoms with E-state index in [1.165, 1.54) is 0 Å². The number of hydrogen-bond donors (Lipinski definition) is 0. The molecule has 0 bridgehead atoms. The van der Waals surface area contributed by atoms with E-state index in [9.17, 15) is 24.1 Å². The van der Waals surface area contributed by atoms with Gasteiger partial charge < -0.3 is 0 Å². The summed E-state index contributed by atoms with van der Waals surface area (Å²) >= 11 is 5.24. The maximum atomic E-state index is 13.1. The van der Waals surface area contributed by atoms with Crippen LogP contribution in [0.4, 0.5) is 10.1 Å². The molecule has 0 aliphatic carbocycles. The van der Waals surface area contributed by atoms with E-state index in [0.29, 0.717) is 0 Å². The lowest BCUT2D eigenvalue weighted by Crippen LogP contribution is -2.08. The van der Waals surface area contributed by atoms with Crippen molar-refractivity contribution in [3.63, 3.8) is 0 Å². The first kappa shape index (κ1) is 12.3. The quantitative estimate of drug-likeness (QED) is 0.267. The molecule has 1 rings (SSSR count). The molecule has 1 aromatic rings. The highest BCUT2D eigenvalue weighted by Gasteiger charge is 2.26. The summed E-state index contributed by atoms with van der Waals surface area (Å²) in [4.78, 5) is 31.4. The molecule has 0 spiro atoms. The lowest BCUT2D eigenvalue weighted by molar-refractivity contribution is -0.385. The maximum absolute atomic E-state index is 13.1. The van der Waals surface area contributed by atoms with Crippen molar-refractivity contribution in [1.82, 2.24) is 0 Å². The Labute approximate surface area is 94.0 Å². The van der Waals surface area contributed by atoms with E-state index >= 15 is 0 Å². The molecule has 0 aromatic heterocycles. The van der Waals surface area contributed by atoms with Crippen molar-refractivity contribution >= 4 is 29.4 Å². The van der Waals surface area contributed by atoms with Gasteiger partial charge in [-0.15, -0.1) is 11.6 Å². The van der Waals surface area contributed by atoms with Crippen LogP contribution >= 0.6 is 11.6 Å². The van der Waals surface area contributed by atoms with Crippen molar-refractivity contribution in [1.29, 1.82) is 0 Å². The number of rotatable bonds is 4. The molecule has 0 heterocycles. The summed E-state index contributed by atoms with van der Waals surface area (Å²) in [6, 6.07) is 1.75. The number of aldehydes is 1. The number of alkyl halides is 1. The fourth-order valence-corrected chi connectivity index (χ4v) is 1.33. The van der Waals surface area contributed by atoms with Crippen LogP contribution in [0.5, 0.6) is 0 Å². The minimum absolute atomic E-state index is 0.00151. The third kappa shape index (κ3) is 2.06. The van der Waals surface area contributed by atoms with Crippen molar-refractivity contribution in [2.75, 3.05) is 5.88 Å². The topological polar surface area (TPSA) is 77.3 Å². The molecule has 16 heavy (non-hydrogen) atoms. The van der Waals surface area contributed by atoms with Gasteiger partial charge in [-0.25, -0.2) is 4.39 Å². The van der Waals surface area contributed by atoms with Crippen molar-refractivity contribution in [2.24, 2.45) is 0 Å². The van der Waals surface area contributed by atoms with Crippen LogP contribution < -0.4 is 0 Å². The molecule has 0 fully saturated rings. The summed E-state index contributed by atoms with van der Waals surface area (Å²) in [5, 5.41) is 10.7. The summed E-state index contributed by atoms with van der Waals surface area (Å²) in [5.74, 6) is -2.27. The van der Waals surface area contributed by atoms with Crippen molar-refractivity contribution in [3.05, 3.63) is 39.2 Å². The molecular formula is C9H5ClFNO4. The predicted molar refractivity (Wildman–Crippen MR) is 53.5 cm³/mol. The molecule has 0 aliphatic heterocycles. The van der Waals surface area contributed by atoms with Gasteiger partial charge in [0, 0.05) is 0 Å². The average Bonchev–Trinajstić information content (AvgIpc) is 2.27. The number of carbonyl (C=O) groups excluding carboxylic acids is 2. The number of carbonyl (C=O) groups is 2. The SMILES string of the molecule is O=Cc1c(F)ccc(C(=O)CCl)c1[N+](=O)[O-]. The molecule has 0 saturated carbocycles. The van der Waals surface area contributed by atoms with Crippen LogP contribution in [0.1, 0.15) is 20.7 Å². The normalized spacial score (nSPS) is 9.88. The molecular weight excluding hydrogens is 241 g/mol. The second-order valence-electron chi connectivity index (χ2n) is 2.79. The summed E-state index contributed by atoms with van der Waals surface area (Å²) in [5.41, 5.74) is -1.97. The number of hydrogen-bond acceptors (Lipinski definition) is 4. The number of nitro groups is 1. The minimum atomic E-state index is -1.05. The van der Waals surface area contributed by atoms with E-state index in [2.05, 4.69) is 0 Å². The van der Waals surface area contributed by atoms with Crippen LogP contribution in [0.25, 0.3) is 0 Å². The monoisotopic (exact) mass is 245 g/mol. The van der Waals surface area contributed by atoms with Gasteiger partial charge in [-0.2, -0.15) is 0 Å². The zero-order valence-corrected chi connectivity index (χ0v) is 8.53. The molecule has 0 aliphatic rings. The number of ketones is 1. The van der Waals surface area contributed by atoms with Gasteiger partial charge in [-0.3, -0.25) is 19.7 Å². The summed E-state index contributed by atoms with van der Waals surface area (Å²) in [6.45, 7) is 0. The van der Waals surface area contributed by atoms with Gasteiger partial charge in [-0.1, -0.05) is 0 Å². The maximum Gasteiger partial charge on any atom is 0.293 e. The Balaban J connectivity index is 3.57. The van der Waals surface area contributed by atoms with Crippen molar-refractivity contribution in [2.45, 2.75) is 0 Å². The van der Waals surface area contributed by atoms with Gasteiger partial charge >= 0.3 is 0 Å². The fourth-order valence-electron chi connectivity index (χ4n) is 1.19. The highest BCUT2D eigenvalue weighted by Crippen LogP contribution is 2.25. The Hall–Kier alpha value is -1.82. The van der Waals surface area contributed by atoms with E-state index in [-0.39, 0.29) is 11.8 Å². The molecule has 0 atom stereocenters. The van der Waals surface area contributed by atoms with Crippen molar-refractivity contribution < 1.29 is 18.9 Å². The predicted octanol–water partition coefficient (Wildman–Crippen LogP) is 1.97. The molecule has 0 unspecified atom stereocenters. The van der Waals surface area contributed by atoms with Crippen LogP contribution in [0.3, 0.4) is 0 Å². The smallest absolute Gasteiger partial charge is 0.293 e. The Kier molecular flexibility index (Phi) is 3.68. The molecule has 5 nitrogen and oxygen atoms in total. The molecule has 0 saturated heterocycles. The lowest BCUT2D eigenvalue weighted by Gasteiger charge is -2.02. The Morgan fingerprint density at radius 3 is 2.62 bits per heavy atom. The first-order chi connectivity index (χ1) is 7.52. The summed E-state index contributed by atoms with van der Waals surface area (Å²) in [6.07, 6.45) is -0.00151. The largest absolute Gasteiger partial charge is 0.298 e. The van der Waals surface area contributed by atoms with E-state index in [4.69, 9.17) is 11.6 Å². The second-order valence-corrected chi connectivity index (χ2v) is 3.06. The van der Waals surface area contributed by atoms with Crippen LogP contribution in [-0.2, 0) is 0 Å². The number of halogens is 2. The molecule has 84 valence electrons. The molecule has 7 heteroatoms. The zero-order valence-electron chi connectivity index (χ0n) is 7.78. The van der Waals surface area contributed by atoms with E-state index in [1.54, 1.807) is 0 Å². The van der Waals surface area contributed by atoms with E-state index in [0.717, 1.165) is 12.1 Å². The van der Waals surface area contributed by atoms with Gasteiger partial charge in [0.15, 0.2) is 12.1 Å². The van der Waals surface area contributed by atoms with E-state index in [1.807, 2.05) is 0 Å². The Morgan fingerprint density at radius 1 is 1.56 bits per heavy atom.